The van der Waals surface area contributed by atoms with Crippen molar-refractivity contribution in [3.05, 3.63) is 153 Å². The fourth-order valence-electron chi connectivity index (χ4n) is 5.34. The first-order valence-electron chi connectivity index (χ1n) is 15.8. The summed E-state index contributed by atoms with van der Waals surface area (Å²) in [6.07, 6.45) is 5.43. The molecule has 10 heteroatoms. The maximum absolute atomic E-state index is 13.5. The van der Waals surface area contributed by atoms with E-state index in [0.29, 0.717) is 25.1 Å². The minimum atomic E-state index is -1.35. The number of Topliss-reactive ketones (excluding diaryl/α,β-unsaturated/α-hetero) is 2. The fraction of sp³-hybridized carbons (Fsp3) is 0.200. The molecule has 1 amide bonds. The predicted molar refractivity (Wildman–Crippen MR) is 190 cm³/mol. The van der Waals surface area contributed by atoms with Crippen molar-refractivity contribution in [3.63, 3.8) is 0 Å². The molecule has 50 heavy (non-hydrogen) atoms. The Labute approximate surface area is 301 Å². The smallest absolute Gasteiger partial charge is 0.258 e. The van der Waals surface area contributed by atoms with E-state index in [9.17, 15) is 19.5 Å². The molecule has 1 aliphatic rings. The number of benzene rings is 3. The van der Waals surface area contributed by atoms with E-state index >= 15 is 0 Å². The Morgan fingerprint density at radius 2 is 1.56 bits per heavy atom. The number of aryl methyl sites for hydroxylation is 3. The third-order valence-electron chi connectivity index (χ3n) is 8.21. The highest BCUT2D eigenvalue weighted by Crippen LogP contribution is 2.30. The van der Waals surface area contributed by atoms with E-state index in [4.69, 9.17) is 33.7 Å². The van der Waals surface area contributed by atoms with E-state index in [1.54, 1.807) is 6.92 Å². The summed E-state index contributed by atoms with van der Waals surface area (Å²) in [5, 5.41) is 26.5. The Balaban J connectivity index is 0.000000337. The Morgan fingerprint density at radius 3 is 2.16 bits per heavy atom. The molecule has 0 spiro atoms. The first-order valence-corrected chi connectivity index (χ1v) is 16.6. The minimum absolute atomic E-state index is 0.00939. The molecule has 0 aliphatic heterocycles. The van der Waals surface area contributed by atoms with Gasteiger partial charge < -0.3 is 10.0 Å². The number of carbonyl (C=O) groups is 3. The minimum Gasteiger partial charge on any atom is -0.871 e. The molecule has 0 saturated heterocycles. The van der Waals surface area contributed by atoms with Gasteiger partial charge in [-0.2, -0.15) is 10.5 Å². The van der Waals surface area contributed by atoms with Gasteiger partial charge in [0.2, 0.25) is 0 Å². The van der Waals surface area contributed by atoms with E-state index in [1.807, 2.05) is 97.0 Å². The molecule has 1 heterocycles. The molecule has 1 aliphatic carbocycles. The normalized spacial score (nSPS) is 13.9. The van der Waals surface area contributed by atoms with Crippen LogP contribution in [0.25, 0.3) is 0 Å². The van der Waals surface area contributed by atoms with Crippen molar-refractivity contribution in [2.75, 3.05) is 11.4 Å². The average molecular weight is 706 g/mol. The number of alkyl halides is 1. The van der Waals surface area contributed by atoms with Crippen LogP contribution in [-0.4, -0.2) is 29.4 Å². The highest BCUT2D eigenvalue weighted by Gasteiger charge is 2.31. The molecule has 0 N–H and O–H groups in total. The van der Waals surface area contributed by atoms with Gasteiger partial charge in [0.15, 0.2) is 30.5 Å². The van der Waals surface area contributed by atoms with E-state index < -0.39 is 33.1 Å². The molecule has 8 nitrogen and oxygen atoms in total. The van der Waals surface area contributed by atoms with Crippen molar-refractivity contribution < 1.29 is 24.1 Å². The van der Waals surface area contributed by atoms with Crippen LogP contribution < -0.4 is 14.6 Å². The van der Waals surface area contributed by atoms with Crippen LogP contribution in [0.15, 0.2) is 119 Å². The zero-order valence-electron chi connectivity index (χ0n) is 27.8. The lowest BCUT2D eigenvalue weighted by Gasteiger charge is -2.23. The first-order chi connectivity index (χ1) is 24.0. The molecule has 4 aromatic rings. The lowest BCUT2D eigenvalue weighted by molar-refractivity contribution is -0.688. The lowest BCUT2D eigenvalue weighted by Crippen LogP contribution is -2.35. The molecule has 5 rings (SSSR count). The second kappa shape index (κ2) is 17.2. The topological polar surface area (TPSA) is 129 Å². The largest absolute Gasteiger partial charge is 0.871 e. The number of hydrogen-bond acceptors (Lipinski definition) is 6. The summed E-state index contributed by atoms with van der Waals surface area (Å²) in [6.45, 7) is 6.97. The van der Waals surface area contributed by atoms with Crippen LogP contribution in [-0.2, 0) is 17.8 Å². The second-order valence-electron chi connectivity index (χ2n) is 11.7. The first kappa shape index (κ1) is 37.3. The number of nitriles is 2. The molecule has 1 aromatic heterocycles. The number of anilines is 1. The SMILES string of the molecule is CC(=O)c1c[n+](Cc2ccccc2)ccc1CCCN(C(=O)c1ccc(C)c(C)c1)c1ccccc1.N#CC1=C(C#N)C([O-])=C(Cl)C(Cl)C1=O. The van der Waals surface area contributed by atoms with E-state index in [2.05, 4.69) is 23.6 Å². The molecule has 0 radical (unpaired) electrons. The van der Waals surface area contributed by atoms with E-state index in [1.165, 1.54) is 23.3 Å². The van der Waals surface area contributed by atoms with Crippen molar-refractivity contribution in [1.82, 2.24) is 0 Å². The number of pyridine rings is 1. The standard InChI is InChI=1S/C32H33N2O2.C8H2Cl2N2O2/c1-24-16-17-29(21-25(24)2)32(36)34(30-14-8-5-9-15-30)19-10-13-28-18-20-33(23-31(28)26(3)35)22-27-11-6-4-7-12-27;9-5-6(10)8(14)4(2-12)3(1-11)7(5)13/h4-9,11-12,14-18,20-21,23H,10,13,19,22H2,1-3H3;5,14H/q+1;/p-1. The van der Waals surface area contributed by atoms with Gasteiger partial charge in [-0.15, -0.1) is 11.6 Å². The summed E-state index contributed by atoms with van der Waals surface area (Å²) >= 11 is 10.9. The highest BCUT2D eigenvalue weighted by molar-refractivity contribution is 6.46. The Hall–Kier alpha value is -5.54. The number of rotatable bonds is 9. The Bertz CT molecular complexity index is 2060. The number of hydrogen-bond donors (Lipinski definition) is 0. The third kappa shape index (κ3) is 8.92. The second-order valence-corrected chi connectivity index (χ2v) is 12.5. The van der Waals surface area contributed by atoms with Crippen LogP contribution in [0.2, 0.25) is 0 Å². The third-order valence-corrected chi connectivity index (χ3v) is 9.12. The Morgan fingerprint density at radius 1 is 0.920 bits per heavy atom. The number of carbonyl (C=O) groups excluding carboxylic acids is 3. The maximum atomic E-state index is 13.5. The summed E-state index contributed by atoms with van der Waals surface area (Å²) in [5.74, 6) is -1.62. The number of amides is 1. The molecule has 3 aromatic carbocycles. The number of ketones is 2. The van der Waals surface area contributed by atoms with Gasteiger partial charge in [0.1, 0.15) is 23.1 Å². The van der Waals surface area contributed by atoms with Gasteiger partial charge in [0.05, 0.1) is 11.1 Å². The summed E-state index contributed by atoms with van der Waals surface area (Å²) in [7, 11) is 0. The molecular weight excluding hydrogens is 671 g/mol. The summed E-state index contributed by atoms with van der Waals surface area (Å²) in [4.78, 5) is 39.1. The van der Waals surface area contributed by atoms with Crippen molar-refractivity contribution in [1.29, 1.82) is 10.5 Å². The van der Waals surface area contributed by atoms with Crippen molar-refractivity contribution in [3.8, 4) is 12.1 Å². The lowest BCUT2D eigenvalue weighted by atomic mass is 9.96. The van der Waals surface area contributed by atoms with Crippen LogP contribution in [0.5, 0.6) is 0 Å². The molecule has 1 unspecified atom stereocenters. The highest BCUT2D eigenvalue weighted by atomic mass is 35.5. The van der Waals surface area contributed by atoms with E-state index in [0.717, 1.165) is 28.8 Å². The van der Waals surface area contributed by atoms with Crippen LogP contribution >= 0.6 is 23.2 Å². The zero-order chi connectivity index (χ0) is 36.4. The van der Waals surface area contributed by atoms with Crippen molar-refractivity contribution in [2.45, 2.75) is 45.5 Å². The summed E-state index contributed by atoms with van der Waals surface area (Å²) < 4.78 is 2.05. The van der Waals surface area contributed by atoms with E-state index in [-0.39, 0.29) is 11.7 Å². The van der Waals surface area contributed by atoms with Crippen molar-refractivity contribution in [2.24, 2.45) is 0 Å². The Kier molecular flexibility index (Phi) is 12.8. The van der Waals surface area contributed by atoms with Gasteiger partial charge in [-0.1, -0.05) is 72.0 Å². The quantitative estimate of drug-likeness (QED) is 0.112. The number of allylic oxidation sites excluding steroid dienone is 3. The summed E-state index contributed by atoms with van der Waals surface area (Å²) in [6, 6.07) is 30.8. The molecule has 0 bridgehead atoms. The van der Waals surface area contributed by atoms with Gasteiger partial charge in [0, 0.05) is 34.5 Å². The van der Waals surface area contributed by atoms with Crippen molar-refractivity contribution >= 4 is 46.4 Å². The van der Waals surface area contributed by atoms with Gasteiger partial charge in [-0.05, 0) is 74.6 Å². The van der Waals surface area contributed by atoms with Gasteiger partial charge in [-0.3, -0.25) is 14.4 Å². The molecule has 0 fully saturated rings. The van der Waals surface area contributed by atoms with Gasteiger partial charge >= 0.3 is 0 Å². The maximum Gasteiger partial charge on any atom is 0.258 e. The number of halogens is 2. The number of aromatic nitrogens is 1. The fourth-order valence-corrected chi connectivity index (χ4v) is 5.74. The van der Waals surface area contributed by atoms with Crippen LogP contribution in [0, 0.1) is 36.5 Å². The van der Waals surface area contributed by atoms with Crippen LogP contribution in [0.3, 0.4) is 0 Å². The number of nitrogens with zero attached hydrogens (tertiary/aromatic N) is 4. The number of para-hydroxylation sites is 1. The van der Waals surface area contributed by atoms with Crippen LogP contribution in [0.4, 0.5) is 5.69 Å². The monoisotopic (exact) mass is 704 g/mol. The summed E-state index contributed by atoms with van der Waals surface area (Å²) in [5.41, 5.74) is 5.71. The van der Waals surface area contributed by atoms with Gasteiger partial charge in [0.25, 0.3) is 5.91 Å². The van der Waals surface area contributed by atoms with Crippen LogP contribution in [0.1, 0.15) is 56.3 Å². The molecule has 1 atom stereocenters. The molecule has 252 valence electrons. The average Bonchev–Trinajstić information content (AvgIpc) is 3.13. The predicted octanol–water partition coefficient (Wildman–Crippen LogP) is 6.45. The zero-order valence-corrected chi connectivity index (χ0v) is 29.3. The molecule has 0 saturated carbocycles. The van der Waals surface area contributed by atoms with Gasteiger partial charge in [-0.25, -0.2) is 4.57 Å². The molecular formula is C40H34Cl2N4O4.